The van der Waals surface area contributed by atoms with Crippen LogP contribution in [0.3, 0.4) is 0 Å². The van der Waals surface area contributed by atoms with Gasteiger partial charge >= 0.3 is 0 Å². The zero-order chi connectivity index (χ0) is 17.4. The number of carbonyl (C=O) groups is 2. The van der Waals surface area contributed by atoms with Crippen LogP contribution >= 0.6 is 0 Å². The number of hydrogen-bond donors (Lipinski definition) is 0. The highest BCUT2D eigenvalue weighted by Gasteiger charge is 2.37. The number of nitrogens with zero attached hydrogens (tertiary/aromatic N) is 5. The van der Waals surface area contributed by atoms with Crippen molar-refractivity contribution in [3.8, 4) is 0 Å². The van der Waals surface area contributed by atoms with Gasteiger partial charge in [-0.2, -0.15) is 5.10 Å². The van der Waals surface area contributed by atoms with Gasteiger partial charge in [0.05, 0.1) is 17.9 Å². The lowest BCUT2D eigenvalue weighted by atomic mass is 9.84. The summed E-state index contributed by atoms with van der Waals surface area (Å²) in [7, 11) is 1.87. The van der Waals surface area contributed by atoms with Gasteiger partial charge in [-0.1, -0.05) is 6.42 Å². The molecule has 1 saturated carbocycles. The molecule has 0 spiro atoms. The third-order valence-electron chi connectivity index (χ3n) is 5.93. The van der Waals surface area contributed by atoms with Gasteiger partial charge in [0.1, 0.15) is 0 Å². The van der Waals surface area contributed by atoms with Crippen molar-refractivity contribution in [2.75, 3.05) is 37.6 Å². The summed E-state index contributed by atoms with van der Waals surface area (Å²) in [5.74, 6) is 0.778. The Hall–Kier alpha value is -1.89. The fourth-order valence-electron chi connectivity index (χ4n) is 4.17. The minimum atomic E-state index is -0.0603. The van der Waals surface area contributed by atoms with Crippen LogP contribution in [0.2, 0.25) is 0 Å². The van der Waals surface area contributed by atoms with Crippen LogP contribution in [0.25, 0.3) is 0 Å². The quantitative estimate of drug-likeness (QED) is 0.815. The minimum absolute atomic E-state index is 0.0603. The maximum Gasteiger partial charge on any atom is 0.244 e. The fourth-order valence-corrected chi connectivity index (χ4v) is 4.17. The lowest BCUT2D eigenvalue weighted by molar-refractivity contribution is -0.140. The normalized spacial score (nSPS) is 26.0. The molecular formula is C18H27N5O2. The molecule has 3 aliphatic rings. The lowest BCUT2D eigenvalue weighted by Gasteiger charge is -2.43. The molecule has 1 unspecified atom stereocenters. The van der Waals surface area contributed by atoms with E-state index >= 15 is 0 Å². The van der Waals surface area contributed by atoms with Crippen LogP contribution in [0.4, 0.5) is 5.69 Å². The van der Waals surface area contributed by atoms with E-state index in [0.717, 1.165) is 64.1 Å². The molecule has 1 aliphatic carbocycles. The summed E-state index contributed by atoms with van der Waals surface area (Å²) in [6.45, 7) is 3.88. The molecule has 1 atom stereocenters. The predicted molar refractivity (Wildman–Crippen MR) is 94.1 cm³/mol. The van der Waals surface area contributed by atoms with E-state index < -0.39 is 0 Å². The molecule has 1 aromatic rings. The van der Waals surface area contributed by atoms with Gasteiger partial charge in [0.15, 0.2) is 0 Å². The Labute approximate surface area is 148 Å². The van der Waals surface area contributed by atoms with Crippen molar-refractivity contribution in [3.05, 3.63) is 12.4 Å². The van der Waals surface area contributed by atoms with Crippen LogP contribution in [0, 0.1) is 5.92 Å². The summed E-state index contributed by atoms with van der Waals surface area (Å²) in [6.07, 6.45) is 8.88. The predicted octanol–water partition coefficient (Wildman–Crippen LogP) is 0.860. The van der Waals surface area contributed by atoms with Crippen LogP contribution in [-0.2, 0) is 16.6 Å². The van der Waals surface area contributed by atoms with Crippen molar-refractivity contribution in [2.24, 2.45) is 13.0 Å². The second kappa shape index (κ2) is 6.78. The molecule has 7 heteroatoms. The summed E-state index contributed by atoms with van der Waals surface area (Å²) in [6, 6.07) is -0.0603. The molecule has 7 nitrogen and oxygen atoms in total. The van der Waals surface area contributed by atoms with Gasteiger partial charge in [-0.05, 0) is 25.7 Å². The highest BCUT2D eigenvalue weighted by molar-refractivity contribution is 5.97. The van der Waals surface area contributed by atoms with E-state index in [0.29, 0.717) is 5.91 Å². The number of carbonyl (C=O) groups excluding carboxylic acids is 2. The first-order valence-electron chi connectivity index (χ1n) is 9.46. The number of piperidine rings is 1. The second-order valence-corrected chi connectivity index (χ2v) is 7.51. The zero-order valence-electron chi connectivity index (χ0n) is 14.9. The molecule has 2 saturated heterocycles. The maximum atomic E-state index is 13.0. The van der Waals surface area contributed by atoms with E-state index in [1.807, 2.05) is 23.0 Å². The van der Waals surface area contributed by atoms with Gasteiger partial charge in [0.2, 0.25) is 11.8 Å². The van der Waals surface area contributed by atoms with Crippen LogP contribution in [0.15, 0.2) is 12.4 Å². The number of piperazine rings is 1. The summed E-state index contributed by atoms with van der Waals surface area (Å²) >= 11 is 0. The highest BCUT2D eigenvalue weighted by Crippen LogP contribution is 2.29. The van der Waals surface area contributed by atoms with Gasteiger partial charge in [-0.3, -0.25) is 19.2 Å². The van der Waals surface area contributed by atoms with E-state index in [1.165, 1.54) is 6.42 Å². The number of amides is 2. The largest absolute Gasteiger partial charge is 0.340 e. The van der Waals surface area contributed by atoms with Crippen molar-refractivity contribution in [1.29, 1.82) is 0 Å². The fraction of sp³-hybridized carbons (Fsp3) is 0.722. The average molecular weight is 345 g/mol. The molecule has 136 valence electrons. The van der Waals surface area contributed by atoms with Crippen molar-refractivity contribution < 1.29 is 9.59 Å². The molecule has 4 rings (SSSR count). The number of rotatable bonds is 3. The molecule has 0 aromatic carbocycles. The Morgan fingerprint density at radius 1 is 1.08 bits per heavy atom. The first-order chi connectivity index (χ1) is 12.1. The van der Waals surface area contributed by atoms with Crippen molar-refractivity contribution in [1.82, 2.24) is 19.6 Å². The number of aryl methyl sites for hydroxylation is 1. The van der Waals surface area contributed by atoms with Gasteiger partial charge in [0.25, 0.3) is 0 Å². The third kappa shape index (κ3) is 3.17. The van der Waals surface area contributed by atoms with Gasteiger partial charge in [-0.15, -0.1) is 0 Å². The zero-order valence-corrected chi connectivity index (χ0v) is 14.9. The third-order valence-corrected chi connectivity index (χ3v) is 5.93. The molecular weight excluding hydrogens is 318 g/mol. The Morgan fingerprint density at radius 3 is 2.44 bits per heavy atom. The SMILES string of the molecule is Cn1cc(N2CCCC(N3CCN(C(=O)C4CCC4)CC3)C2=O)cn1. The molecule has 25 heavy (non-hydrogen) atoms. The molecule has 3 fully saturated rings. The van der Waals surface area contributed by atoms with Crippen LogP contribution < -0.4 is 4.90 Å². The van der Waals surface area contributed by atoms with Crippen LogP contribution in [-0.4, -0.2) is 70.2 Å². The summed E-state index contributed by atoms with van der Waals surface area (Å²) in [5, 5.41) is 4.19. The minimum Gasteiger partial charge on any atom is -0.340 e. The van der Waals surface area contributed by atoms with E-state index in [9.17, 15) is 9.59 Å². The van der Waals surface area contributed by atoms with E-state index in [1.54, 1.807) is 10.9 Å². The van der Waals surface area contributed by atoms with Crippen molar-refractivity contribution in [2.45, 2.75) is 38.1 Å². The van der Waals surface area contributed by atoms with Crippen molar-refractivity contribution in [3.63, 3.8) is 0 Å². The Balaban J connectivity index is 1.37. The van der Waals surface area contributed by atoms with Crippen molar-refractivity contribution >= 4 is 17.5 Å². The second-order valence-electron chi connectivity index (χ2n) is 7.51. The maximum absolute atomic E-state index is 13.0. The Morgan fingerprint density at radius 2 is 1.84 bits per heavy atom. The van der Waals surface area contributed by atoms with E-state index in [4.69, 9.17) is 0 Å². The smallest absolute Gasteiger partial charge is 0.244 e. The average Bonchev–Trinajstić information content (AvgIpc) is 3.00. The van der Waals surface area contributed by atoms with E-state index in [-0.39, 0.29) is 17.9 Å². The molecule has 1 aromatic heterocycles. The summed E-state index contributed by atoms with van der Waals surface area (Å²) in [4.78, 5) is 31.5. The Kier molecular flexibility index (Phi) is 4.50. The standard InChI is InChI=1S/C18H27N5O2/c1-20-13-15(12-19-20)23-7-3-6-16(18(23)25)21-8-10-22(11-9-21)17(24)14-4-2-5-14/h12-14,16H,2-11H2,1H3. The Bertz CT molecular complexity index is 646. The molecule has 0 N–H and O–H groups in total. The summed E-state index contributed by atoms with van der Waals surface area (Å²) < 4.78 is 1.73. The number of anilines is 1. The monoisotopic (exact) mass is 345 g/mol. The number of aromatic nitrogens is 2. The van der Waals surface area contributed by atoms with Gasteiger partial charge in [-0.25, -0.2) is 0 Å². The molecule has 2 amide bonds. The lowest BCUT2D eigenvalue weighted by Crippen LogP contribution is -2.59. The van der Waals surface area contributed by atoms with Crippen LogP contribution in [0.1, 0.15) is 32.1 Å². The van der Waals surface area contributed by atoms with Gasteiger partial charge in [0, 0.05) is 51.9 Å². The molecule has 3 heterocycles. The highest BCUT2D eigenvalue weighted by atomic mass is 16.2. The molecule has 2 aliphatic heterocycles. The summed E-state index contributed by atoms with van der Waals surface area (Å²) in [5.41, 5.74) is 0.885. The topological polar surface area (TPSA) is 61.7 Å². The first kappa shape index (κ1) is 16.6. The van der Waals surface area contributed by atoms with Crippen LogP contribution in [0.5, 0.6) is 0 Å². The molecule has 0 bridgehead atoms. The number of hydrogen-bond acceptors (Lipinski definition) is 4. The van der Waals surface area contributed by atoms with Gasteiger partial charge < -0.3 is 9.80 Å². The first-order valence-corrected chi connectivity index (χ1v) is 9.46. The van der Waals surface area contributed by atoms with E-state index in [2.05, 4.69) is 10.00 Å². The molecule has 0 radical (unpaired) electrons.